The summed E-state index contributed by atoms with van der Waals surface area (Å²) in [4.78, 5) is 6.29. The Hall–Kier alpha value is -2.18. The van der Waals surface area contributed by atoms with Gasteiger partial charge in [0.25, 0.3) is 0 Å². The van der Waals surface area contributed by atoms with Crippen LogP contribution >= 0.6 is 12.2 Å². The highest BCUT2D eigenvalue weighted by molar-refractivity contribution is 7.80. The lowest BCUT2D eigenvalue weighted by Gasteiger charge is -2.31. The predicted molar refractivity (Wildman–Crippen MR) is 100 cm³/mol. The van der Waals surface area contributed by atoms with Crippen LogP contribution in [0.3, 0.4) is 0 Å². The Morgan fingerprint density at radius 3 is 2.58 bits per heavy atom. The van der Waals surface area contributed by atoms with E-state index in [2.05, 4.69) is 22.1 Å². The van der Waals surface area contributed by atoms with E-state index in [1.807, 2.05) is 42.6 Å². The molecule has 2 rings (SSSR count). The molecule has 0 saturated carbocycles. The highest BCUT2D eigenvalue weighted by Crippen LogP contribution is 2.21. The van der Waals surface area contributed by atoms with E-state index in [9.17, 15) is 0 Å². The molecule has 128 valence electrons. The molecule has 0 aliphatic rings. The third kappa shape index (κ3) is 4.91. The van der Waals surface area contributed by atoms with Crippen LogP contribution in [0.25, 0.3) is 0 Å². The van der Waals surface area contributed by atoms with Crippen LogP contribution in [0.5, 0.6) is 5.75 Å². The largest absolute Gasteiger partial charge is 0.497 e. The van der Waals surface area contributed by atoms with Crippen molar-refractivity contribution in [2.75, 3.05) is 32.7 Å². The minimum atomic E-state index is 0.0899. The van der Waals surface area contributed by atoms with Gasteiger partial charge >= 0.3 is 0 Å². The van der Waals surface area contributed by atoms with Gasteiger partial charge in [-0.25, -0.2) is 0 Å². The molecule has 6 heteroatoms. The fourth-order valence-corrected chi connectivity index (χ4v) is 2.70. The molecular formula is C18H23N3O2S. The lowest BCUT2D eigenvalue weighted by Crippen LogP contribution is -2.39. The van der Waals surface area contributed by atoms with Gasteiger partial charge in [0.2, 0.25) is 0 Å². The molecule has 1 N–H and O–H groups in total. The number of aromatic nitrogens is 1. The van der Waals surface area contributed by atoms with E-state index in [1.165, 1.54) is 0 Å². The van der Waals surface area contributed by atoms with Crippen molar-refractivity contribution in [3.05, 3.63) is 54.4 Å². The molecule has 0 unspecified atom stereocenters. The van der Waals surface area contributed by atoms with E-state index in [0.717, 1.165) is 17.0 Å². The maximum absolute atomic E-state index is 5.62. The Bertz CT molecular complexity index is 634. The first kappa shape index (κ1) is 18.2. The zero-order chi connectivity index (χ0) is 17.4. The topological polar surface area (TPSA) is 46.6 Å². The minimum Gasteiger partial charge on any atom is -0.497 e. The normalized spacial score (nSPS) is 11.6. The van der Waals surface area contributed by atoms with E-state index >= 15 is 0 Å². The van der Waals surface area contributed by atoms with Crippen LogP contribution in [-0.4, -0.2) is 42.4 Å². The number of nitrogens with one attached hydrogen (secondary N) is 1. The van der Waals surface area contributed by atoms with Crippen LogP contribution in [0.15, 0.2) is 48.8 Å². The lowest BCUT2D eigenvalue weighted by molar-refractivity contribution is 0.165. The molecule has 1 heterocycles. The first-order valence-electron chi connectivity index (χ1n) is 7.76. The Kier molecular flexibility index (Phi) is 6.96. The lowest BCUT2D eigenvalue weighted by atomic mass is 10.1. The predicted octanol–water partition coefficient (Wildman–Crippen LogP) is 3.50. The summed E-state index contributed by atoms with van der Waals surface area (Å²) in [5.74, 6) is 0.812. The molecule has 2 aromatic rings. The van der Waals surface area contributed by atoms with Gasteiger partial charge in [-0.05, 0) is 55.0 Å². The molecule has 0 aliphatic carbocycles. The quantitative estimate of drug-likeness (QED) is 0.775. The van der Waals surface area contributed by atoms with E-state index < -0.39 is 0 Å². The van der Waals surface area contributed by atoms with Gasteiger partial charge in [-0.2, -0.15) is 0 Å². The number of benzene rings is 1. The van der Waals surface area contributed by atoms with E-state index in [0.29, 0.717) is 18.3 Å². The van der Waals surface area contributed by atoms with Gasteiger partial charge in [0, 0.05) is 31.7 Å². The zero-order valence-electron chi connectivity index (χ0n) is 14.2. The van der Waals surface area contributed by atoms with Gasteiger partial charge in [-0.1, -0.05) is 6.07 Å². The number of thiocarbonyl (C=S) groups is 1. The first-order chi connectivity index (χ1) is 11.7. The third-order valence-electron chi connectivity index (χ3n) is 3.77. The Labute approximate surface area is 148 Å². The number of pyridine rings is 1. The van der Waals surface area contributed by atoms with Crippen molar-refractivity contribution in [2.24, 2.45) is 0 Å². The van der Waals surface area contributed by atoms with Crippen molar-refractivity contribution in [2.45, 2.75) is 13.0 Å². The van der Waals surface area contributed by atoms with Gasteiger partial charge in [-0.15, -0.1) is 0 Å². The highest BCUT2D eigenvalue weighted by Gasteiger charge is 2.19. The standard InChI is InChI=1S/C18H23N3O2S/c1-14(15-5-4-10-19-13-15)21(11-12-22-2)18(24)20-16-6-8-17(23-3)9-7-16/h4-10,13-14H,11-12H2,1-3H3,(H,20,24)/t14-/m1/s1. The smallest absolute Gasteiger partial charge is 0.174 e. The van der Waals surface area contributed by atoms with Gasteiger partial charge in [0.05, 0.1) is 19.8 Å². The third-order valence-corrected chi connectivity index (χ3v) is 4.11. The van der Waals surface area contributed by atoms with Gasteiger partial charge < -0.3 is 19.7 Å². The van der Waals surface area contributed by atoms with Crippen molar-refractivity contribution >= 4 is 23.0 Å². The Morgan fingerprint density at radius 2 is 2.00 bits per heavy atom. The van der Waals surface area contributed by atoms with Crippen LogP contribution in [0.1, 0.15) is 18.5 Å². The molecule has 0 saturated heterocycles. The van der Waals surface area contributed by atoms with Crippen molar-refractivity contribution in [1.29, 1.82) is 0 Å². The summed E-state index contributed by atoms with van der Waals surface area (Å²) >= 11 is 5.62. The summed E-state index contributed by atoms with van der Waals surface area (Å²) < 4.78 is 10.4. The van der Waals surface area contributed by atoms with E-state index in [1.54, 1.807) is 20.4 Å². The summed E-state index contributed by atoms with van der Waals surface area (Å²) in [7, 11) is 3.34. The molecule has 1 aromatic carbocycles. The maximum atomic E-state index is 5.62. The zero-order valence-corrected chi connectivity index (χ0v) is 15.0. The molecular weight excluding hydrogens is 322 g/mol. The number of hydrogen-bond donors (Lipinski definition) is 1. The molecule has 1 atom stereocenters. The number of hydrogen-bond acceptors (Lipinski definition) is 4. The number of methoxy groups -OCH3 is 2. The second kappa shape index (κ2) is 9.20. The summed E-state index contributed by atoms with van der Waals surface area (Å²) in [5, 5.41) is 3.93. The van der Waals surface area contributed by atoms with Crippen molar-refractivity contribution < 1.29 is 9.47 Å². The van der Waals surface area contributed by atoms with Gasteiger partial charge in [0.1, 0.15) is 5.75 Å². The molecule has 0 spiro atoms. The van der Waals surface area contributed by atoms with E-state index in [4.69, 9.17) is 21.7 Å². The first-order valence-corrected chi connectivity index (χ1v) is 8.17. The van der Waals surface area contributed by atoms with Crippen LogP contribution in [0.2, 0.25) is 0 Å². The van der Waals surface area contributed by atoms with Crippen LogP contribution in [0, 0.1) is 0 Å². The molecule has 0 aliphatic heterocycles. The minimum absolute atomic E-state index is 0.0899. The summed E-state index contributed by atoms with van der Waals surface area (Å²) in [6, 6.07) is 11.7. The van der Waals surface area contributed by atoms with Crippen LogP contribution in [-0.2, 0) is 4.74 Å². The second-order valence-corrected chi connectivity index (χ2v) is 5.69. The maximum Gasteiger partial charge on any atom is 0.174 e. The van der Waals surface area contributed by atoms with Gasteiger partial charge in [0.15, 0.2) is 5.11 Å². The Morgan fingerprint density at radius 1 is 1.25 bits per heavy atom. The fourth-order valence-electron chi connectivity index (χ4n) is 2.33. The monoisotopic (exact) mass is 345 g/mol. The summed E-state index contributed by atoms with van der Waals surface area (Å²) in [5.41, 5.74) is 2.02. The second-order valence-electron chi connectivity index (χ2n) is 5.31. The van der Waals surface area contributed by atoms with Crippen LogP contribution < -0.4 is 10.1 Å². The average Bonchev–Trinajstić information content (AvgIpc) is 2.63. The van der Waals surface area contributed by atoms with Crippen molar-refractivity contribution in [3.63, 3.8) is 0 Å². The molecule has 5 nitrogen and oxygen atoms in total. The average molecular weight is 345 g/mol. The fraction of sp³-hybridized carbons (Fsp3) is 0.333. The SMILES string of the molecule is COCCN(C(=S)Nc1ccc(OC)cc1)[C@H](C)c1cccnc1. The molecule has 0 fully saturated rings. The number of ether oxygens (including phenoxy) is 2. The Balaban J connectivity index is 2.11. The number of rotatable bonds is 7. The van der Waals surface area contributed by atoms with Crippen LogP contribution in [0.4, 0.5) is 5.69 Å². The molecule has 0 radical (unpaired) electrons. The highest BCUT2D eigenvalue weighted by atomic mass is 32.1. The molecule has 0 bridgehead atoms. The summed E-state index contributed by atoms with van der Waals surface area (Å²) in [6.07, 6.45) is 3.63. The molecule has 0 amide bonds. The van der Waals surface area contributed by atoms with Gasteiger partial charge in [-0.3, -0.25) is 4.98 Å². The number of anilines is 1. The van der Waals surface area contributed by atoms with Crippen molar-refractivity contribution in [3.8, 4) is 5.75 Å². The summed E-state index contributed by atoms with van der Waals surface area (Å²) in [6.45, 7) is 3.39. The molecule has 24 heavy (non-hydrogen) atoms. The van der Waals surface area contributed by atoms with Crippen molar-refractivity contribution in [1.82, 2.24) is 9.88 Å². The number of nitrogens with zero attached hydrogens (tertiary/aromatic N) is 2. The molecule has 1 aromatic heterocycles. The van der Waals surface area contributed by atoms with E-state index in [-0.39, 0.29) is 6.04 Å².